The molecule has 2 N–H and O–H groups in total. The maximum absolute atomic E-state index is 13.6. The molecule has 0 unspecified atom stereocenters. The van der Waals surface area contributed by atoms with Crippen molar-refractivity contribution in [1.82, 2.24) is 14.9 Å². The highest BCUT2D eigenvalue weighted by molar-refractivity contribution is 7.92. The molecule has 3 aromatic carbocycles. The van der Waals surface area contributed by atoms with Gasteiger partial charge in [0, 0.05) is 53.2 Å². The molecule has 2 aromatic heterocycles. The maximum atomic E-state index is 13.6. The van der Waals surface area contributed by atoms with E-state index in [4.69, 9.17) is 28.2 Å². The van der Waals surface area contributed by atoms with E-state index >= 15 is 0 Å². The summed E-state index contributed by atoms with van der Waals surface area (Å²) in [6.07, 6.45) is 1.90. The lowest BCUT2D eigenvalue weighted by Gasteiger charge is -2.28. The number of carboxylic acids is 1. The predicted molar refractivity (Wildman–Crippen MR) is 162 cm³/mol. The van der Waals surface area contributed by atoms with Crippen molar-refractivity contribution in [1.29, 1.82) is 0 Å². The number of nitrogens with one attached hydrogen (secondary N) is 1. The van der Waals surface area contributed by atoms with Crippen molar-refractivity contribution >= 4 is 72.5 Å². The number of sulfonamides is 1. The van der Waals surface area contributed by atoms with E-state index in [0.717, 1.165) is 63.8 Å². The molecule has 0 bridgehead atoms. The number of para-hydroxylation sites is 1. The normalized spacial score (nSPS) is 14.0. The second-order valence-electron chi connectivity index (χ2n) is 9.69. The van der Waals surface area contributed by atoms with Gasteiger partial charge in [0.2, 0.25) is 0 Å². The van der Waals surface area contributed by atoms with Gasteiger partial charge in [0.05, 0.1) is 27.3 Å². The molecule has 210 valence electrons. The van der Waals surface area contributed by atoms with Gasteiger partial charge in [0.1, 0.15) is 12.4 Å². The van der Waals surface area contributed by atoms with E-state index in [1.807, 2.05) is 41.1 Å². The zero-order chi connectivity index (χ0) is 28.7. The summed E-state index contributed by atoms with van der Waals surface area (Å²) in [6, 6.07) is 20.9. The van der Waals surface area contributed by atoms with Gasteiger partial charge in [0.15, 0.2) is 0 Å². The minimum Gasteiger partial charge on any atom is -0.480 e. The standard InChI is InChI=1S/C29H25Cl2N5O4S/c30-21-15-22(31)17-24(16-21)41(39,40)36(18-28(37)38)23-5-6-25-20(14-23)8-11-35(25)26-3-1-2-19-4-7-27(33-29(19)26)34-12-9-32-10-13-34/h1-8,11,14-17,32H,9-10,12-13,18H2,(H,37,38). The first-order valence-electron chi connectivity index (χ1n) is 12.9. The highest BCUT2D eigenvalue weighted by atomic mass is 35.5. The second-order valence-corrected chi connectivity index (χ2v) is 12.4. The fourth-order valence-corrected chi connectivity index (χ4v) is 7.26. The summed E-state index contributed by atoms with van der Waals surface area (Å²) in [4.78, 5) is 18.8. The molecule has 0 spiro atoms. The molecule has 9 nitrogen and oxygen atoms in total. The second kappa shape index (κ2) is 10.9. The van der Waals surface area contributed by atoms with Crippen LogP contribution in [0.2, 0.25) is 10.0 Å². The molecular weight excluding hydrogens is 585 g/mol. The largest absolute Gasteiger partial charge is 0.480 e. The summed E-state index contributed by atoms with van der Waals surface area (Å²) in [6.45, 7) is 2.80. The summed E-state index contributed by atoms with van der Waals surface area (Å²) in [5.41, 5.74) is 2.74. The van der Waals surface area contributed by atoms with Gasteiger partial charge in [-0.25, -0.2) is 13.4 Å². The zero-order valence-electron chi connectivity index (χ0n) is 21.7. The van der Waals surface area contributed by atoms with Gasteiger partial charge in [0.25, 0.3) is 10.0 Å². The van der Waals surface area contributed by atoms with Crippen LogP contribution >= 0.6 is 23.2 Å². The smallest absolute Gasteiger partial charge is 0.324 e. The van der Waals surface area contributed by atoms with E-state index in [9.17, 15) is 18.3 Å². The average Bonchev–Trinajstić information content (AvgIpc) is 3.38. The van der Waals surface area contributed by atoms with Gasteiger partial charge in [-0.1, -0.05) is 35.3 Å². The minimum atomic E-state index is -4.29. The van der Waals surface area contributed by atoms with E-state index in [0.29, 0.717) is 0 Å². The number of pyridine rings is 1. The molecule has 0 saturated carbocycles. The van der Waals surface area contributed by atoms with Crippen molar-refractivity contribution in [2.45, 2.75) is 4.90 Å². The number of hydrogen-bond acceptors (Lipinski definition) is 6. The number of rotatable bonds is 7. The predicted octanol–water partition coefficient (Wildman–Crippen LogP) is 5.18. The third kappa shape index (κ3) is 5.31. The Bertz CT molecular complexity index is 1880. The maximum Gasteiger partial charge on any atom is 0.324 e. The molecule has 0 aliphatic carbocycles. The van der Waals surface area contributed by atoms with Crippen LogP contribution in [0.3, 0.4) is 0 Å². The van der Waals surface area contributed by atoms with Crippen LogP contribution < -0.4 is 14.5 Å². The highest BCUT2D eigenvalue weighted by Crippen LogP contribution is 2.33. The quantitative estimate of drug-likeness (QED) is 0.262. The molecule has 5 aromatic rings. The van der Waals surface area contributed by atoms with Crippen molar-refractivity contribution in [2.75, 3.05) is 41.9 Å². The minimum absolute atomic E-state index is 0.127. The van der Waals surface area contributed by atoms with E-state index in [1.54, 1.807) is 18.2 Å². The van der Waals surface area contributed by atoms with Crippen molar-refractivity contribution in [2.24, 2.45) is 0 Å². The van der Waals surface area contributed by atoms with Gasteiger partial charge in [-0.2, -0.15) is 0 Å². The molecule has 6 rings (SSSR count). The van der Waals surface area contributed by atoms with Crippen molar-refractivity contribution in [3.8, 4) is 5.69 Å². The fourth-order valence-electron chi connectivity index (χ4n) is 5.12. The molecule has 41 heavy (non-hydrogen) atoms. The highest BCUT2D eigenvalue weighted by Gasteiger charge is 2.28. The Kier molecular flexibility index (Phi) is 7.25. The van der Waals surface area contributed by atoms with Crippen LogP contribution in [0.15, 0.2) is 83.9 Å². The molecule has 3 heterocycles. The number of aromatic nitrogens is 2. The third-order valence-corrected chi connectivity index (χ3v) is 9.24. The molecule has 1 aliphatic heterocycles. The van der Waals surface area contributed by atoms with Gasteiger partial charge < -0.3 is 19.9 Å². The summed E-state index contributed by atoms with van der Waals surface area (Å²) >= 11 is 12.1. The summed E-state index contributed by atoms with van der Waals surface area (Å²) < 4.78 is 30.0. The lowest BCUT2D eigenvalue weighted by molar-refractivity contribution is -0.135. The molecule has 0 atom stereocenters. The van der Waals surface area contributed by atoms with Crippen LogP contribution in [0.4, 0.5) is 11.5 Å². The molecule has 1 aliphatic rings. The lowest BCUT2D eigenvalue weighted by atomic mass is 10.1. The number of piperazine rings is 1. The number of fused-ring (bicyclic) bond motifs is 2. The fraction of sp³-hybridized carbons (Fsp3) is 0.172. The first-order chi connectivity index (χ1) is 19.7. The number of aliphatic carboxylic acids is 1. The molecule has 0 radical (unpaired) electrons. The molecule has 1 fully saturated rings. The topological polar surface area (TPSA) is 108 Å². The summed E-state index contributed by atoms with van der Waals surface area (Å²) in [5.74, 6) is -0.387. The number of nitrogens with zero attached hydrogens (tertiary/aromatic N) is 4. The molecular formula is C29H25Cl2N5O4S. The van der Waals surface area contributed by atoms with Crippen LogP contribution in [-0.2, 0) is 14.8 Å². The monoisotopic (exact) mass is 609 g/mol. The molecule has 1 saturated heterocycles. The van der Waals surface area contributed by atoms with E-state index in [-0.39, 0.29) is 20.6 Å². The van der Waals surface area contributed by atoms with E-state index < -0.39 is 22.5 Å². The van der Waals surface area contributed by atoms with Crippen molar-refractivity contribution < 1.29 is 18.3 Å². The number of halogens is 2. The van der Waals surface area contributed by atoms with Gasteiger partial charge in [-0.15, -0.1) is 0 Å². The van der Waals surface area contributed by atoms with Crippen LogP contribution in [-0.4, -0.2) is 61.8 Å². The molecule has 0 amide bonds. The Morgan fingerprint density at radius 1 is 0.951 bits per heavy atom. The Morgan fingerprint density at radius 3 is 2.44 bits per heavy atom. The van der Waals surface area contributed by atoms with Gasteiger partial charge in [-0.3, -0.25) is 9.10 Å². The SMILES string of the molecule is O=C(O)CN(c1ccc2c(ccn2-c2cccc3ccc(N4CCNCC4)nc23)c1)S(=O)(=O)c1cc(Cl)cc(Cl)c1. The number of anilines is 2. The average molecular weight is 611 g/mol. The Hall–Kier alpha value is -3.83. The number of carbonyl (C=O) groups is 1. The van der Waals surface area contributed by atoms with Crippen LogP contribution in [0, 0.1) is 0 Å². The Labute approximate surface area is 246 Å². The number of carboxylic acid groups (broad SMARTS) is 1. The van der Waals surface area contributed by atoms with Crippen molar-refractivity contribution in [3.05, 3.63) is 89.0 Å². The molecule has 12 heteroatoms. The van der Waals surface area contributed by atoms with E-state index in [2.05, 4.69) is 16.3 Å². The van der Waals surface area contributed by atoms with E-state index in [1.165, 1.54) is 18.2 Å². The number of benzene rings is 3. The zero-order valence-corrected chi connectivity index (χ0v) is 24.0. The van der Waals surface area contributed by atoms with Crippen molar-refractivity contribution in [3.63, 3.8) is 0 Å². The Morgan fingerprint density at radius 2 is 1.71 bits per heavy atom. The first-order valence-corrected chi connectivity index (χ1v) is 15.1. The lowest BCUT2D eigenvalue weighted by Crippen LogP contribution is -2.43. The first kappa shape index (κ1) is 27.3. The third-order valence-electron chi connectivity index (χ3n) is 7.05. The van der Waals surface area contributed by atoms with Crippen LogP contribution in [0.25, 0.3) is 27.5 Å². The summed E-state index contributed by atoms with van der Waals surface area (Å²) in [5, 5.41) is 14.9. The van der Waals surface area contributed by atoms with Crippen LogP contribution in [0.5, 0.6) is 0 Å². The van der Waals surface area contributed by atoms with Crippen LogP contribution in [0.1, 0.15) is 0 Å². The van der Waals surface area contributed by atoms with Gasteiger partial charge in [-0.05, 0) is 60.7 Å². The van der Waals surface area contributed by atoms with Gasteiger partial charge >= 0.3 is 5.97 Å². The number of hydrogen-bond donors (Lipinski definition) is 2. The summed E-state index contributed by atoms with van der Waals surface area (Å²) in [7, 11) is -4.29. The Balaban J connectivity index is 1.43.